The molecule has 0 aromatic heterocycles. The zero-order valence-electron chi connectivity index (χ0n) is 12.2. The number of hydrogen-bond donors (Lipinski definition) is 1. The molecule has 4 rings (SSSR count). The summed E-state index contributed by atoms with van der Waals surface area (Å²) in [5.41, 5.74) is 4.18. The van der Waals surface area contributed by atoms with E-state index in [1.165, 1.54) is 36.1 Å². The highest BCUT2D eigenvalue weighted by Gasteiger charge is 2.26. The van der Waals surface area contributed by atoms with Crippen LogP contribution in [-0.4, -0.2) is 12.6 Å². The van der Waals surface area contributed by atoms with Crippen molar-refractivity contribution in [2.75, 3.05) is 11.9 Å². The molecular weight excluding hydrogens is 258 g/mol. The fourth-order valence-electron chi connectivity index (χ4n) is 3.68. The van der Waals surface area contributed by atoms with Crippen LogP contribution >= 0.6 is 0 Å². The maximum Gasteiger partial charge on any atom is 0.122 e. The van der Waals surface area contributed by atoms with E-state index in [1.807, 2.05) is 0 Å². The minimum absolute atomic E-state index is 0.580. The third-order valence-corrected chi connectivity index (χ3v) is 4.79. The van der Waals surface area contributed by atoms with Crippen molar-refractivity contribution in [3.05, 3.63) is 59.7 Å². The van der Waals surface area contributed by atoms with Crippen molar-refractivity contribution in [1.82, 2.24) is 0 Å². The average Bonchev–Trinajstić information content (AvgIpc) is 2.55. The quantitative estimate of drug-likeness (QED) is 0.881. The van der Waals surface area contributed by atoms with E-state index in [4.69, 9.17) is 4.74 Å². The Kier molecular flexibility index (Phi) is 3.30. The molecule has 21 heavy (non-hydrogen) atoms. The van der Waals surface area contributed by atoms with Gasteiger partial charge in [0.15, 0.2) is 0 Å². The van der Waals surface area contributed by atoms with Crippen LogP contribution in [0.15, 0.2) is 48.5 Å². The Labute approximate surface area is 126 Å². The van der Waals surface area contributed by atoms with Gasteiger partial charge in [0.2, 0.25) is 0 Å². The molecule has 0 radical (unpaired) electrons. The lowest BCUT2D eigenvalue weighted by atomic mass is 9.84. The molecular formula is C19H21NO. The van der Waals surface area contributed by atoms with Crippen LogP contribution in [0.1, 0.15) is 36.3 Å². The third kappa shape index (κ3) is 2.51. The first-order valence-corrected chi connectivity index (χ1v) is 7.96. The number of aryl methyl sites for hydroxylation is 1. The van der Waals surface area contributed by atoms with E-state index in [2.05, 4.69) is 53.8 Å². The van der Waals surface area contributed by atoms with Gasteiger partial charge in [-0.2, -0.15) is 0 Å². The van der Waals surface area contributed by atoms with Crippen LogP contribution in [0.3, 0.4) is 0 Å². The second-order valence-electron chi connectivity index (χ2n) is 6.14. The fourth-order valence-corrected chi connectivity index (χ4v) is 3.68. The van der Waals surface area contributed by atoms with Crippen molar-refractivity contribution < 1.29 is 4.74 Å². The molecule has 2 aliphatic rings. The van der Waals surface area contributed by atoms with Gasteiger partial charge in [-0.3, -0.25) is 0 Å². The van der Waals surface area contributed by atoms with E-state index in [0.717, 1.165) is 18.8 Å². The molecule has 2 aromatic rings. The Morgan fingerprint density at radius 1 is 1.00 bits per heavy atom. The minimum Gasteiger partial charge on any atom is -0.493 e. The van der Waals surface area contributed by atoms with Crippen molar-refractivity contribution in [1.29, 1.82) is 0 Å². The first kappa shape index (κ1) is 12.8. The topological polar surface area (TPSA) is 21.3 Å². The van der Waals surface area contributed by atoms with Gasteiger partial charge >= 0.3 is 0 Å². The lowest BCUT2D eigenvalue weighted by Gasteiger charge is -2.32. The maximum atomic E-state index is 5.78. The van der Waals surface area contributed by atoms with Crippen molar-refractivity contribution in [3.63, 3.8) is 0 Å². The normalized spacial score (nSPS) is 23.4. The fraction of sp³-hybridized carbons (Fsp3) is 0.368. The number of benzene rings is 2. The summed E-state index contributed by atoms with van der Waals surface area (Å²) in [5, 5.41) is 3.73. The average molecular weight is 279 g/mol. The van der Waals surface area contributed by atoms with Gasteiger partial charge in [-0.1, -0.05) is 36.4 Å². The Balaban J connectivity index is 1.51. The molecule has 0 spiro atoms. The van der Waals surface area contributed by atoms with E-state index < -0.39 is 0 Å². The molecule has 2 heteroatoms. The van der Waals surface area contributed by atoms with Gasteiger partial charge in [0.05, 0.1) is 6.61 Å². The number of ether oxygens (including phenoxy) is 1. The standard InChI is InChI=1S/C19H21NO/c1-3-7-18-14(5-1)9-10-16(20-18)13-15-11-12-21-19-8-4-2-6-17(15)19/h1-8,15-16,20H,9-13H2. The molecule has 0 saturated heterocycles. The van der Waals surface area contributed by atoms with Crippen molar-refractivity contribution in [2.24, 2.45) is 0 Å². The molecule has 2 aliphatic heterocycles. The summed E-state index contributed by atoms with van der Waals surface area (Å²) in [6, 6.07) is 17.8. The molecule has 2 nitrogen and oxygen atoms in total. The van der Waals surface area contributed by atoms with Crippen LogP contribution in [0, 0.1) is 0 Å². The van der Waals surface area contributed by atoms with Crippen LogP contribution in [0.25, 0.3) is 0 Å². The number of anilines is 1. The maximum absolute atomic E-state index is 5.78. The lowest BCUT2D eigenvalue weighted by Crippen LogP contribution is -2.29. The first-order chi connectivity index (χ1) is 10.4. The highest BCUT2D eigenvalue weighted by molar-refractivity contribution is 5.53. The summed E-state index contributed by atoms with van der Waals surface area (Å²) in [7, 11) is 0. The minimum atomic E-state index is 0.580. The molecule has 0 aliphatic carbocycles. The molecule has 0 saturated carbocycles. The predicted molar refractivity (Wildman–Crippen MR) is 86.1 cm³/mol. The zero-order chi connectivity index (χ0) is 14.1. The highest BCUT2D eigenvalue weighted by Crippen LogP contribution is 2.38. The van der Waals surface area contributed by atoms with Crippen LogP contribution in [0.2, 0.25) is 0 Å². The van der Waals surface area contributed by atoms with Gasteiger partial charge in [0.1, 0.15) is 5.75 Å². The largest absolute Gasteiger partial charge is 0.493 e. The Morgan fingerprint density at radius 2 is 1.86 bits per heavy atom. The second-order valence-corrected chi connectivity index (χ2v) is 6.14. The molecule has 0 amide bonds. The number of hydrogen-bond acceptors (Lipinski definition) is 2. The van der Waals surface area contributed by atoms with Crippen LogP contribution in [0.4, 0.5) is 5.69 Å². The lowest BCUT2D eigenvalue weighted by molar-refractivity contribution is 0.259. The van der Waals surface area contributed by atoms with E-state index in [1.54, 1.807) is 0 Å². The van der Waals surface area contributed by atoms with Gasteiger partial charge in [-0.05, 0) is 54.9 Å². The zero-order valence-corrected chi connectivity index (χ0v) is 12.2. The van der Waals surface area contributed by atoms with Crippen molar-refractivity contribution >= 4 is 5.69 Å². The SMILES string of the molecule is c1ccc2c(c1)CCC(CC1CCOc3ccccc31)N2. The summed E-state index contributed by atoms with van der Waals surface area (Å²) in [4.78, 5) is 0. The van der Waals surface area contributed by atoms with E-state index >= 15 is 0 Å². The summed E-state index contributed by atoms with van der Waals surface area (Å²) >= 11 is 0. The van der Waals surface area contributed by atoms with Gasteiger partial charge in [0, 0.05) is 11.7 Å². The molecule has 0 fully saturated rings. The van der Waals surface area contributed by atoms with E-state index in [-0.39, 0.29) is 0 Å². The van der Waals surface area contributed by atoms with Gasteiger partial charge in [-0.25, -0.2) is 0 Å². The summed E-state index contributed by atoms with van der Waals surface area (Å²) < 4.78 is 5.78. The van der Waals surface area contributed by atoms with Crippen LogP contribution in [-0.2, 0) is 6.42 Å². The molecule has 2 atom stereocenters. The number of rotatable bonds is 2. The van der Waals surface area contributed by atoms with Crippen LogP contribution in [0.5, 0.6) is 5.75 Å². The van der Waals surface area contributed by atoms with Crippen molar-refractivity contribution in [2.45, 2.75) is 37.6 Å². The highest BCUT2D eigenvalue weighted by atomic mass is 16.5. The number of fused-ring (bicyclic) bond motifs is 2. The Bertz CT molecular complexity index is 637. The molecule has 2 aromatic carbocycles. The third-order valence-electron chi connectivity index (χ3n) is 4.79. The van der Waals surface area contributed by atoms with Gasteiger partial charge < -0.3 is 10.1 Å². The van der Waals surface area contributed by atoms with E-state index in [9.17, 15) is 0 Å². The van der Waals surface area contributed by atoms with Crippen molar-refractivity contribution in [3.8, 4) is 5.75 Å². The summed E-state index contributed by atoms with van der Waals surface area (Å²) in [6.45, 7) is 0.852. The second kappa shape index (κ2) is 5.44. The number of para-hydroxylation sites is 2. The summed E-state index contributed by atoms with van der Waals surface area (Å²) in [6.07, 6.45) is 4.76. The van der Waals surface area contributed by atoms with Crippen LogP contribution < -0.4 is 10.1 Å². The monoisotopic (exact) mass is 279 g/mol. The Morgan fingerprint density at radius 3 is 2.86 bits per heavy atom. The first-order valence-electron chi connectivity index (χ1n) is 7.96. The smallest absolute Gasteiger partial charge is 0.122 e. The predicted octanol–water partition coefficient (Wildman–Crippen LogP) is 4.37. The molecule has 2 unspecified atom stereocenters. The molecule has 2 heterocycles. The molecule has 0 bridgehead atoms. The molecule has 1 N–H and O–H groups in total. The Hall–Kier alpha value is -1.96. The van der Waals surface area contributed by atoms with E-state index in [0.29, 0.717) is 12.0 Å². The van der Waals surface area contributed by atoms with Gasteiger partial charge in [-0.15, -0.1) is 0 Å². The number of nitrogens with one attached hydrogen (secondary N) is 1. The summed E-state index contributed by atoms with van der Waals surface area (Å²) in [5.74, 6) is 1.71. The molecule has 108 valence electrons. The van der Waals surface area contributed by atoms with Gasteiger partial charge in [0.25, 0.3) is 0 Å².